The summed E-state index contributed by atoms with van der Waals surface area (Å²) in [5.74, 6) is -3.18. The quantitative estimate of drug-likeness (QED) is 0.0126. The Morgan fingerprint density at radius 1 is 0.598 bits per heavy atom. The Bertz CT molecular complexity index is 3740. The van der Waals surface area contributed by atoms with Gasteiger partial charge < -0.3 is 64.0 Å². The minimum absolute atomic E-state index is 0. The zero-order valence-electron chi connectivity index (χ0n) is 59.9. The summed E-state index contributed by atoms with van der Waals surface area (Å²) in [5.41, 5.74) is 2.27. The number of hydrogen-bond acceptors (Lipinski definition) is 20. The molecule has 4 saturated heterocycles. The van der Waals surface area contributed by atoms with Crippen molar-refractivity contribution in [2.24, 2.45) is 35.5 Å². The third kappa shape index (κ3) is 26.7. The van der Waals surface area contributed by atoms with E-state index in [0.717, 1.165) is 58.8 Å². The van der Waals surface area contributed by atoms with Gasteiger partial charge in [-0.15, -0.1) is 0 Å². The largest absolute Gasteiger partial charge is 1.00 e. The molecule has 102 heavy (non-hydrogen) atoms. The van der Waals surface area contributed by atoms with E-state index < -0.39 is 73.7 Å². The fourth-order valence-corrected chi connectivity index (χ4v) is 18.4. The average Bonchev–Trinajstić information content (AvgIpc) is 1.57. The van der Waals surface area contributed by atoms with E-state index in [1.165, 1.54) is 24.5 Å². The van der Waals surface area contributed by atoms with Crippen LogP contribution in [0.5, 0.6) is 5.75 Å². The molecule has 4 aliphatic heterocycles. The molecule has 0 radical (unpaired) electrons. The maximum absolute atomic E-state index is 12.1. The third-order valence-corrected chi connectivity index (χ3v) is 22.6. The van der Waals surface area contributed by atoms with Crippen molar-refractivity contribution >= 4 is 78.3 Å². The number of fused-ring (bicyclic) bond motifs is 2. The van der Waals surface area contributed by atoms with Gasteiger partial charge in [0.05, 0.1) is 40.7 Å². The third-order valence-electron chi connectivity index (χ3n) is 17.1. The Labute approximate surface area is 639 Å². The molecule has 548 valence electrons. The van der Waals surface area contributed by atoms with Crippen molar-refractivity contribution in [2.45, 2.75) is 181 Å². The molecule has 10 unspecified atom stereocenters. The molecule has 5 aromatic carbocycles. The summed E-state index contributed by atoms with van der Waals surface area (Å²) in [4.78, 5) is 75.7. The van der Waals surface area contributed by atoms with Crippen LogP contribution >= 0.6 is 0 Å². The number of rotatable bonds is 19. The van der Waals surface area contributed by atoms with Crippen LogP contribution in [0.2, 0.25) is 0 Å². The Balaban J connectivity index is 0.000000238. The minimum Gasteiger partial charge on any atom is -1.00 e. The molecule has 8 fully saturated rings. The molecule has 26 heteroatoms. The van der Waals surface area contributed by atoms with Crippen LogP contribution in [0.4, 0.5) is 0 Å². The van der Waals surface area contributed by atoms with Gasteiger partial charge in [-0.25, -0.2) is 21.6 Å². The van der Waals surface area contributed by atoms with Crippen LogP contribution < -0.4 is 51.3 Å². The number of aryl methyl sites for hydroxylation is 2. The summed E-state index contributed by atoms with van der Waals surface area (Å²) < 4.78 is 106. The number of allylic oxidation sites excluding steroid dienone is 3. The number of esters is 5. The Kier molecular flexibility index (Phi) is 33.2. The van der Waals surface area contributed by atoms with E-state index in [9.17, 15) is 54.7 Å². The van der Waals surface area contributed by atoms with Gasteiger partial charge in [0.2, 0.25) is 0 Å². The normalized spacial score (nSPS) is 22.3. The standard InChI is InChI=1S/C26H29O3S.C21H23OS.2C12H16O7S.C5H10O2.BrH.Na/c1-19-16-23(17-20(2)25(19)28-18-24(27)29-26(3,4)5)30(21-12-8-6-9-13-21)22-14-10-7-11-15-22;1-5-21(22-4)17(2)16-18(3)23(19-12-8-6-9-13-19)20-14-10-7-11-15-20;2*13-10(5-20(15,16)17)19-11-7-1-6-2-8(4-7)12(14)18-9(11)3-6;1-5(2,3)7-4-6;;/h6-17H,18H2,1-5H3;5-16H,3H2,1-2,4H3;2*6-9,11H,1-5H2,(H,15,16,17);4H,1-3H3;1H;/q2*+1;;;;;+1/p-3/b;17-16-,21-5-;;;;;. The van der Waals surface area contributed by atoms with E-state index in [-0.39, 0.29) is 122 Å². The Hall–Kier alpha value is -6.26. The van der Waals surface area contributed by atoms with Crippen molar-refractivity contribution in [3.05, 3.63) is 180 Å². The molecule has 4 saturated carbocycles. The predicted molar refractivity (Wildman–Crippen MR) is 376 cm³/mol. The average molecular weight is 1560 g/mol. The second kappa shape index (κ2) is 39.2. The van der Waals surface area contributed by atoms with E-state index in [4.69, 9.17) is 33.2 Å². The molecule has 5 aromatic rings. The molecular formula is C76H92BrNaO20S4. The van der Waals surface area contributed by atoms with Crippen LogP contribution in [0.25, 0.3) is 0 Å². The number of halogens is 1. The first-order valence-electron chi connectivity index (χ1n) is 33.1. The predicted octanol–water partition coefficient (Wildman–Crippen LogP) is 6.43. The monoisotopic (exact) mass is 1550 g/mol. The van der Waals surface area contributed by atoms with Crippen LogP contribution in [0.1, 0.15) is 118 Å². The summed E-state index contributed by atoms with van der Waals surface area (Å²) in [6.07, 6.45) is 7.70. The van der Waals surface area contributed by atoms with Crippen molar-refractivity contribution in [1.82, 2.24) is 0 Å². The van der Waals surface area contributed by atoms with Crippen molar-refractivity contribution < 1.29 is 139 Å². The molecule has 4 heterocycles. The zero-order valence-corrected chi connectivity index (χ0v) is 66.7. The first-order chi connectivity index (χ1) is 47.1. The van der Waals surface area contributed by atoms with Crippen LogP contribution in [0.3, 0.4) is 0 Å². The van der Waals surface area contributed by atoms with E-state index in [2.05, 4.69) is 134 Å². The van der Waals surface area contributed by atoms with Crippen molar-refractivity contribution in [1.29, 1.82) is 0 Å². The second-order valence-corrected chi connectivity index (χ2v) is 34.3. The number of ether oxygens (including phenoxy) is 8. The summed E-state index contributed by atoms with van der Waals surface area (Å²) in [7, 11) is -8.01. The van der Waals surface area contributed by atoms with Gasteiger partial charge in [-0.1, -0.05) is 72.8 Å². The maximum Gasteiger partial charge on any atom is 1.00 e. The minimum atomic E-state index is -4.65. The van der Waals surface area contributed by atoms with Gasteiger partial charge in [-0.3, -0.25) is 24.0 Å². The summed E-state index contributed by atoms with van der Waals surface area (Å²) in [6.45, 7) is 23.8. The molecule has 13 rings (SSSR count). The zero-order chi connectivity index (χ0) is 73.3. The summed E-state index contributed by atoms with van der Waals surface area (Å²) >= 11 is 0. The molecule has 0 spiro atoms. The topological polar surface area (TPSA) is 291 Å². The molecule has 10 atom stereocenters. The molecule has 0 amide bonds. The Morgan fingerprint density at radius 3 is 1.32 bits per heavy atom. The van der Waals surface area contributed by atoms with Crippen LogP contribution in [0, 0.1) is 49.4 Å². The van der Waals surface area contributed by atoms with Gasteiger partial charge >= 0.3 is 59.4 Å². The second-order valence-electron chi connectivity index (χ2n) is 27.4. The molecule has 8 aliphatic rings. The fraction of sp³-hybridized carbons (Fsp3) is 0.447. The molecule has 8 bridgehead atoms. The van der Waals surface area contributed by atoms with E-state index in [1.54, 1.807) is 7.11 Å². The first kappa shape index (κ1) is 86.4. The van der Waals surface area contributed by atoms with Crippen molar-refractivity contribution in [3.8, 4) is 5.75 Å². The molecule has 4 aliphatic carbocycles. The SMILES string of the molecule is C=C(/C=C(C)\C(=C\C)OC)[S+](c1ccccc1)c1ccccc1.CC(C)(C)OC=O.Cc1cc([S+](c2ccccc2)c2ccccc2)cc(C)c1OCC(=O)OC(C)(C)C.O=C(CS(=O)(=O)[O-])OC1C2CC3CC(C2)C(=O)OC1C3.O=C(CS(=O)(=O)[O-])OC1C2CC3CC(C2)C(=O)OC1C3.[Br-].[Na+]. The smallest absolute Gasteiger partial charge is 1.00 e. The van der Waals surface area contributed by atoms with E-state index >= 15 is 0 Å². The van der Waals surface area contributed by atoms with Crippen molar-refractivity contribution in [3.63, 3.8) is 0 Å². The van der Waals surface area contributed by atoms with E-state index in [0.29, 0.717) is 44.0 Å². The summed E-state index contributed by atoms with van der Waals surface area (Å²) in [5, 5.41) is 0. The van der Waals surface area contributed by atoms with Crippen LogP contribution in [-0.4, -0.2) is 123 Å². The fourth-order valence-electron chi connectivity index (χ4n) is 13.4. The van der Waals surface area contributed by atoms with Crippen LogP contribution in [-0.2, 0) is 104 Å². The van der Waals surface area contributed by atoms with Gasteiger partial charge in [-0.2, -0.15) is 0 Å². The van der Waals surface area contributed by atoms with Crippen molar-refractivity contribution in [2.75, 3.05) is 25.2 Å². The Morgan fingerprint density at radius 2 is 0.990 bits per heavy atom. The number of benzene rings is 5. The number of methoxy groups -OCH3 is 1. The number of carbonyl (C=O) groups is 6. The molecular weight excluding hydrogens is 1460 g/mol. The van der Waals surface area contributed by atoms with E-state index in [1.807, 2.05) is 92.7 Å². The number of hydrogen-bond donors (Lipinski definition) is 0. The molecule has 20 nitrogen and oxygen atoms in total. The van der Waals surface area contributed by atoms with Gasteiger partial charge in [0.1, 0.15) is 78.9 Å². The number of carbonyl (C=O) groups excluding carboxylic acids is 6. The molecule has 0 aromatic heterocycles. The summed E-state index contributed by atoms with van der Waals surface area (Å²) in [6, 6.07) is 46.5. The maximum atomic E-state index is 12.1. The van der Waals surface area contributed by atoms with Gasteiger partial charge in [0.25, 0.3) is 6.47 Å². The van der Waals surface area contributed by atoms with Gasteiger partial charge in [0, 0.05) is 30.0 Å². The van der Waals surface area contributed by atoms with Gasteiger partial charge in [-0.05, 0) is 210 Å². The van der Waals surface area contributed by atoms with Gasteiger partial charge in [0.15, 0.2) is 36.0 Å². The van der Waals surface area contributed by atoms with Crippen LogP contribution in [0.15, 0.2) is 193 Å². The first-order valence-corrected chi connectivity index (χ1v) is 38.7. The molecule has 0 N–H and O–H groups in total.